The summed E-state index contributed by atoms with van der Waals surface area (Å²) in [5, 5.41) is 11.3. The number of aryl methyl sites for hydroxylation is 2. The third-order valence-electron chi connectivity index (χ3n) is 4.56. The van der Waals surface area contributed by atoms with Crippen molar-refractivity contribution in [2.24, 2.45) is 5.92 Å². The van der Waals surface area contributed by atoms with E-state index in [1.807, 2.05) is 19.1 Å². The first-order chi connectivity index (χ1) is 12.1. The molecule has 1 saturated carbocycles. The standard InChI is InChI=1S/C18H23ClN4OS/c1-12-6-8-14(10-15(12)19)20-17(24)11-25-18-21-16(22-23-18)9-7-13-4-2-3-5-13/h6,8,10,13H,2-5,7,9,11H2,1H3,(H,20,24)(H,21,22,23). The first-order valence-electron chi connectivity index (χ1n) is 8.70. The number of amides is 1. The van der Waals surface area contributed by atoms with E-state index in [1.165, 1.54) is 43.9 Å². The van der Waals surface area contributed by atoms with Gasteiger partial charge in [-0.15, -0.1) is 5.10 Å². The van der Waals surface area contributed by atoms with E-state index in [9.17, 15) is 4.79 Å². The minimum atomic E-state index is -0.0952. The normalized spacial score (nSPS) is 14.8. The highest BCUT2D eigenvalue weighted by Gasteiger charge is 2.16. The van der Waals surface area contributed by atoms with Crippen LogP contribution in [0.1, 0.15) is 43.5 Å². The first-order valence-corrected chi connectivity index (χ1v) is 10.1. The first kappa shape index (κ1) is 18.3. The summed E-state index contributed by atoms with van der Waals surface area (Å²) < 4.78 is 0. The van der Waals surface area contributed by atoms with Gasteiger partial charge in [-0.05, 0) is 37.0 Å². The van der Waals surface area contributed by atoms with Crippen LogP contribution in [0.2, 0.25) is 5.02 Å². The highest BCUT2D eigenvalue weighted by molar-refractivity contribution is 7.99. The number of halogens is 1. The van der Waals surface area contributed by atoms with E-state index in [-0.39, 0.29) is 11.7 Å². The van der Waals surface area contributed by atoms with Crippen molar-refractivity contribution in [3.63, 3.8) is 0 Å². The van der Waals surface area contributed by atoms with Crippen molar-refractivity contribution in [1.82, 2.24) is 15.2 Å². The summed E-state index contributed by atoms with van der Waals surface area (Å²) in [5.41, 5.74) is 1.69. The molecule has 2 N–H and O–H groups in total. The van der Waals surface area contributed by atoms with Crippen molar-refractivity contribution in [3.8, 4) is 0 Å². The molecule has 1 amide bonds. The van der Waals surface area contributed by atoms with Gasteiger partial charge in [0.05, 0.1) is 5.75 Å². The van der Waals surface area contributed by atoms with Gasteiger partial charge in [-0.1, -0.05) is 55.1 Å². The Balaban J connectivity index is 1.43. The minimum Gasteiger partial charge on any atom is -0.325 e. The molecule has 1 fully saturated rings. The Morgan fingerprint density at radius 3 is 2.96 bits per heavy atom. The number of benzene rings is 1. The van der Waals surface area contributed by atoms with Crippen molar-refractivity contribution in [1.29, 1.82) is 0 Å². The van der Waals surface area contributed by atoms with Gasteiger partial charge in [0.1, 0.15) is 5.82 Å². The molecule has 1 aliphatic rings. The van der Waals surface area contributed by atoms with E-state index in [2.05, 4.69) is 20.5 Å². The average Bonchev–Trinajstić information content (AvgIpc) is 3.26. The number of aromatic nitrogens is 3. The van der Waals surface area contributed by atoms with Gasteiger partial charge >= 0.3 is 0 Å². The highest BCUT2D eigenvalue weighted by Crippen LogP contribution is 2.28. The molecule has 0 radical (unpaired) electrons. The lowest BCUT2D eigenvalue weighted by atomic mass is 10.0. The van der Waals surface area contributed by atoms with Crippen LogP contribution in [-0.2, 0) is 11.2 Å². The molecule has 134 valence electrons. The predicted octanol–water partition coefficient (Wildman–Crippen LogP) is 4.62. The third-order valence-corrected chi connectivity index (χ3v) is 5.82. The number of H-pyrrole nitrogens is 1. The van der Waals surface area contributed by atoms with Gasteiger partial charge in [0.2, 0.25) is 11.1 Å². The Labute approximate surface area is 157 Å². The number of anilines is 1. The Morgan fingerprint density at radius 1 is 1.40 bits per heavy atom. The zero-order valence-corrected chi connectivity index (χ0v) is 15.9. The summed E-state index contributed by atoms with van der Waals surface area (Å²) in [6.45, 7) is 1.93. The average molecular weight is 379 g/mol. The smallest absolute Gasteiger partial charge is 0.234 e. The molecule has 0 spiro atoms. The lowest BCUT2D eigenvalue weighted by molar-refractivity contribution is -0.113. The highest BCUT2D eigenvalue weighted by atomic mass is 35.5. The van der Waals surface area contributed by atoms with Crippen molar-refractivity contribution in [3.05, 3.63) is 34.6 Å². The van der Waals surface area contributed by atoms with Crippen LogP contribution in [0.3, 0.4) is 0 Å². The number of hydrogen-bond acceptors (Lipinski definition) is 4. The van der Waals surface area contributed by atoms with Gasteiger partial charge in [-0.25, -0.2) is 4.98 Å². The predicted molar refractivity (Wildman–Crippen MR) is 102 cm³/mol. The Hall–Kier alpha value is -1.53. The van der Waals surface area contributed by atoms with Crippen molar-refractivity contribution >= 4 is 35.0 Å². The zero-order chi connectivity index (χ0) is 17.6. The summed E-state index contributed by atoms with van der Waals surface area (Å²) in [7, 11) is 0. The molecule has 0 aliphatic heterocycles. The van der Waals surface area contributed by atoms with E-state index < -0.39 is 0 Å². The maximum absolute atomic E-state index is 12.0. The van der Waals surface area contributed by atoms with Crippen molar-refractivity contribution in [2.45, 2.75) is 50.6 Å². The summed E-state index contributed by atoms with van der Waals surface area (Å²) in [6.07, 6.45) is 7.53. The molecule has 1 aromatic heterocycles. The monoisotopic (exact) mass is 378 g/mol. The number of nitrogens with one attached hydrogen (secondary N) is 2. The molecule has 3 rings (SSSR count). The molecule has 0 unspecified atom stereocenters. The molecule has 0 saturated heterocycles. The van der Waals surface area contributed by atoms with Gasteiger partial charge in [0.15, 0.2) is 0 Å². The Morgan fingerprint density at radius 2 is 2.20 bits per heavy atom. The number of carbonyl (C=O) groups is 1. The zero-order valence-electron chi connectivity index (χ0n) is 14.3. The maximum Gasteiger partial charge on any atom is 0.234 e. The molecule has 1 aromatic carbocycles. The second-order valence-electron chi connectivity index (χ2n) is 6.55. The molecule has 1 aliphatic carbocycles. The molecule has 2 aromatic rings. The fourth-order valence-electron chi connectivity index (χ4n) is 3.09. The van der Waals surface area contributed by atoms with Crippen LogP contribution in [0.15, 0.2) is 23.4 Å². The quantitative estimate of drug-likeness (QED) is 0.689. The van der Waals surface area contributed by atoms with Crippen LogP contribution >= 0.6 is 23.4 Å². The minimum absolute atomic E-state index is 0.0952. The van der Waals surface area contributed by atoms with Crippen LogP contribution in [0, 0.1) is 12.8 Å². The van der Waals surface area contributed by atoms with Crippen LogP contribution in [0.4, 0.5) is 5.69 Å². The molecule has 0 bridgehead atoms. The lowest BCUT2D eigenvalue weighted by Gasteiger charge is -2.06. The SMILES string of the molecule is Cc1ccc(NC(=O)CSc2n[nH]c(CCC3CCCC3)n2)cc1Cl. The van der Waals surface area contributed by atoms with Gasteiger partial charge in [0.25, 0.3) is 0 Å². The van der Waals surface area contributed by atoms with E-state index in [0.29, 0.717) is 15.9 Å². The number of aromatic amines is 1. The third kappa shape index (κ3) is 5.47. The largest absolute Gasteiger partial charge is 0.325 e. The Kier molecular flexibility index (Phi) is 6.37. The van der Waals surface area contributed by atoms with Crippen LogP contribution < -0.4 is 5.32 Å². The topological polar surface area (TPSA) is 70.7 Å². The number of thioether (sulfide) groups is 1. The lowest BCUT2D eigenvalue weighted by Crippen LogP contribution is -2.14. The fourth-order valence-corrected chi connectivity index (χ4v) is 3.89. The molecule has 1 heterocycles. The summed E-state index contributed by atoms with van der Waals surface area (Å²) in [5.74, 6) is 1.93. The van der Waals surface area contributed by atoms with Gasteiger partial charge in [0, 0.05) is 17.1 Å². The van der Waals surface area contributed by atoms with Crippen molar-refractivity contribution in [2.75, 3.05) is 11.1 Å². The van der Waals surface area contributed by atoms with Crippen LogP contribution in [-0.4, -0.2) is 26.8 Å². The molecule has 25 heavy (non-hydrogen) atoms. The molecular formula is C18H23ClN4OS. The number of hydrogen-bond donors (Lipinski definition) is 2. The van der Waals surface area contributed by atoms with Crippen molar-refractivity contribution < 1.29 is 4.79 Å². The Bertz CT molecular complexity index is 728. The van der Waals surface area contributed by atoms with Crippen LogP contribution in [0.5, 0.6) is 0 Å². The van der Waals surface area contributed by atoms with E-state index in [4.69, 9.17) is 11.6 Å². The molecule has 0 atom stereocenters. The van der Waals surface area contributed by atoms with E-state index >= 15 is 0 Å². The molecular weight excluding hydrogens is 356 g/mol. The van der Waals surface area contributed by atoms with E-state index in [0.717, 1.165) is 23.7 Å². The maximum atomic E-state index is 12.0. The van der Waals surface area contributed by atoms with Gasteiger partial charge < -0.3 is 5.32 Å². The molecule has 5 nitrogen and oxygen atoms in total. The van der Waals surface area contributed by atoms with E-state index in [1.54, 1.807) is 6.07 Å². The second kappa shape index (κ2) is 8.72. The van der Waals surface area contributed by atoms with Gasteiger partial charge in [-0.2, -0.15) is 0 Å². The fraction of sp³-hybridized carbons (Fsp3) is 0.500. The summed E-state index contributed by atoms with van der Waals surface area (Å²) in [4.78, 5) is 16.5. The second-order valence-corrected chi connectivity index (χ2v) is 7.90. The summed E-state index contributed by atoms with van der Waals surface area (Å²) in [6, 6.07) is 5.49. The van der Waals surface area contributed by atoms with Crippen LogP contribution in [0.25, 0.3) is 0 Å². The summed E-state index contributed by atoms with van der Waals surface area (Å²) >= 11 is 7.40. The number of carbonyl (C=O) groups excluding carboxylic acids is 1. The number of rotatable bonds is 7. The van der Waals surface area contributed by atoms with Gasteiger partial charge in [-0.3, -0.25) is 9.89 Å². The molecule has 7 heteroatoms. The number of nitrogens with zero attached hydrogens (tertiary/aromatic N) is 2.